The van der Waals surface area contributed by atoms with Crippen LogP contribution < -0.4 is 10.5 Å². The van der Waals surface area contributed by atoms with Gasteiger partial charge in [-0.3, -0.25) is 9.69 Å². The number of nitrogens with one attached hydrogen (secondary N) is 1. The van der Waals surface area contributed by atoms with E-state index in [-0.39, 0.29) is 5.56 Å². The van der Waals surface area contributed by atoms with Crippen LogP contribution in [0.2, 0.25) is 0 Å². The van der Waals surface area contributed by atoms with E-state index in [1.54, 1.807) is 15.9 Å². The summed E-state index contributed by atoms with van der Waals surface area (Å²) in [7, 11) is 1.83. The van der Waals surface area contributed by atoms with Gasteiger partial charge in [0.25, 0.3) is 5.56 Å². The Morgan fingerprint density at radius 2 is 1.91 bits per heavy atom. The highest BCUT2D eigenvalue weighted by atomic mass is 32.1. The minimum Gasteiger partial charge on any atom is -0.378 e. The average molecular weight is 454 g/mol. The summed E-state index contributed by atoms with van der Waals surface area (Å²) in [6.07, 6.45) is 1.96. The second-order valence-electron chi connectivity index (χ2n) is 10.4. The van der Waals surface area contributed by atoms with E-state index < -0.39 is 0 Å². The van der Waals surface area contributed by atoms with E-state index in [2.05, 4.69) is 28.6 Å². The molecule has 3 fully saturated rings. The number of aromatic amines is 1. The molecule has 0 saturated carbocycles. The van der Waals surface area contributed by atoms with Crippen molar-refractivity contribution in [1.82, 2.24) is 19.4 Å². The molecule has 1 N–H and O–H groups in total. The van der Waals surface area contributed by atoms with E-state index >= 15 is 0 Å². The molecule has 3 aliphatic heterocycles. The first-order chi connectivity index (χ1) is 15.3. The van der Waals surface area contributed by atoms with Crippen molar-refractivity contribution < 1.29 is 4.74 Å². The normalized spacial score (nSPS) is 20.8. The lowest BCUT2D eigenvalue weighted by Crippen LogP contribution is -2.75. The Labute approximate surface area is 192 Å². The van der Waals surface area contributed by atoms with Crippen molar-refractivity contribution in [3.8, 4) is 11.3 Å². The quantitative estimate of drug-likeness (QED) is 0.657. The number of hydrogen-bond donors (Lipinski definition) is 1. The van der Waals surface area contributed by atoms with Crippen molar-refractivity contribution in [2.45, 2.75) is 39.7 Å². The number of ether oxygens (including phenoxy) is 1. The van der Waals surface area contributed by atoms with Gasteiger partial charge in [-0.25, -0.2) is 4.98 Å². The number of likely N-dealkylation sites (tertiary alicyclic amines) is 1. The molecular formula is C24H31N5O2S. The maximum Gasteiger partial charge on any atom is 0.253 e. The highest BCUT2D eigenvalue weighted by Crippen LogP contribution is 2.46. The zero-order valence-corrected chi connectivity index (χ0v) is 20.3. The van der Waals surface area contributed by atoms with Gasteiger partial charge in [-0.15, -0.1) is 0 Å². The Kier molecular flexibility index (Phi) is 4.42. The number of aryl methyl sites for hydroxylation is 1. The number of anilines is 1. The van der Waals surface area contributed by atoms with E-state index in [1.165, 1.54) is 18.7 Å². The summed E-state index contributed by atoms with van der Waals surface area (Å²) in [6, 6.07) is 0.657. The lowest BCUT2D eigenvalue weighted by Gasteiger charge is -2.62. The van der Waals surface area contributed by atoms with E-state index in [9.17, 15) is 4.79 Å². The summed E-state index contributed by atoms with van der Waals surface area (Å²) >= 11 is 1.76. The van der Waals surface area contributed by atoms with Crippen LogP contribution in [0.25, 0.3) is 21.6 Å². The van der Waals surface area contributed by atoms with Gasteiger partial charge in [-0.05, 0) is 25.3 Å². The lowest BCUT2D eigenvalue weighted by atomic mass is 9.72. The average Bonchev–Trinajstić information content (AvgIpc) is 3.19. The van der Waals surface area contributed by atoms with Crippen LogP contribution in [-0.4, -0.2) is 64.9 Å². The number of hydrogen-bond acceptors (Lipinski definition) is 6. The van der Waals surface area contributed by atoms with Crippen LogP contribution in [0.4, 0.5) is 5.13 Å². The molecule has 3 aliphatic rings. The van der Waals surface area contributed by atoms with E-state index in [4.69, 9.17) is 9.72 Å². The van der Waals surface area contributed by atoms with E-state index in [0.717, 1.165) is 64.2 Å². The third-order valence-corrected chi connectivity index (χ3v) is 8.72. The highest BCUT2D eigenvalue weighted by molar-refractivity contribution is 7.21. The fraction of sp³-hybridized carbons (Fsp3) is 0.583. The molecule has 0 unspecified atom stereocenters. The van der Waals surface area contributed by atoms with Gasteiger partial charge < -0.3 is 19.2 Å². The minimum absolute atomic E-state index is 0.0669. The van der Waals surface area contributed by atoms with Gasteiger partial charge in [-0.2, -0.15) is 0 Å². The standard InChI is InChI=1S/C24H31N5O2S/c1-13(2)18-19(17-6-27(5)22(30)15(4)14(17)3)25-21-20(18)26-23(32-21)29-11-24(12-29)9-28(10-24)16-7-31-8-16/h6,13,16,25H,7-12H2,1-5H3. The van der Waals surface area contributed by atoms with Crippen LogP contribution in [0.15, 0.2) is 11.0 Å². The Morgan fingerprint density at radius 1 is 1.19 bits per heavy atom. The summed E-state index contributed by atoms with van der Waals surface area (Å²) in [5.74, 6) is 0.332. The van der Waals surface area contributed by atoms with Crippen LogP contribution in [0, 0.1) is 19.3 Å². The van der Waals surface area contributed by atoms with Crippen LogP contribution in [0.1, 0.15) is 36.5 Å². The number of H-pyrrole nitrogens is 1. The fourth-order valence-corrected chi connectivity index (χ4v) is 6.60. The third kappa shape index (κ3) is 2.85. The lowest BCUT2D eigenvalue weighted by molar-refractivity contribution is -0.137. The van der Waals surface area contributed by atoms with Gasteiger partial charge in [0.2, 0.25) is 0 Å². The van der Waals surface area contributed by atoms with Crippen molar-refractivity contribution in [2.75, 3.05) is 44.3 Å². The van der Waals surface area contributed by atoms with E-state index in [1.807, 2.05) is 27.1 Å². The first kappa shape index (κ1) is 20.4. The molecule has 0 bridgehead atoms. The summed E-state index contributed by atoms with van der Waals surface area (Å²) in [5.41, 5.74) is 6.91. The number of nitrogens with zero attached hydrogens (tertiary/aromatic N) is 4. The molecule has 1 spiro atoms. The second-order valence-corrected chi connectivity index (χ2v) is 11.4. The van der Waals surface area contributed by atoms with Gasteiger partial charge in [0.05, 0.1) is 24.9 Å². The maximum absolute atomic E-state index is 12.4. The molecule has 8 heteroatoms. The minimum atomic E-state index is 0.0669. The Morgan fingerprint density at radius 3 is 2.53 bits per heavy atom. The van der Waals surface area contributed by atoms with Crippen LogP contribution >= 0.6 is 11.3 Å². The molecule has 0 radical (unpaired) electrons. The highest BCUT2D eigenvalue weighted by Gasteiger charge is 2.54. The predicted octanol–water partition coefficient (Wildman–Crippen LogP) is 3.25. The summed E-state index contributed by atoms with van der Waals surface area (Å²) in [5, 5.41) is 1.13. The molecule has 0 aromatic carbocycles. The van der Waals surface area contributed by atoms with Crippen molar-refractivity contribution >= 4 is 26.8 Å². The first-order valence-electron chi connectivity index (χ1n) is 11.5. The number of rotatable bonds is 4. The van der Waals surface area contributed by atoms with E-state index in [0.29, 0.717) is 17.4 Å². The van der Waals surface area contributed by atoms with Crippen LogP contribution in [-0.2, 0) is 11.8 Å². The topological polar surface area (TPSA) is 66.4 Å². The first-order valence-corrected chi connectivity index (χ1v) is 12.3. The number of aromatic nitrogens is 3. The molecule has 170 valence electrons. The van der Waals surface area contributed by atoms with Crippen LogP contribution in [0.3, 0.4) is 0 Å². The smallest absolute Gasteiger partial charge is 0.253 e. The van der Waals surface area contributed by atoms with Crippen molar-refractivity contribution in [3.05, 3.63) is 33.2 Å². The molecule has 3 aromatic rings. The molecule has 0 atom stereocenters. The molecule has 0 aliphatic carbocycles. The van der Waals surface area contributed by atoms with Gasteiger partial charge in [0, 0.05) is 61.5 Å². The Bertz CT molecular complexity index is 1270. The molecular weight excluding hydrogens is 422 g/mol. The zero-order chi connectivity index (χ0) is 22.4. The van der Waals surface area contributed by atoms with Gasteiger partial charge in [0.15, 0.2) is 5.13 Å². The molecule has 6 heterocycles. The molecule has 6 rings (SSSR count). The summed E-state index contributed by atoms with van der Waals surface area (Å²) in [4.78, 5) is 27.3. The number of fused-ring (bicyclic) bond motifs is 1. The molecule has 3 saturated heterocycles. The third-order valence-electron chi connectivity index (χ3n) is 7.69. The van der Waals surface area contributed by atoms with Gasteiger partial charge >= 0.3 is 0 Å². The molecule has 7 nitrogen and oxygen atoms in total. The Hall–Kier alpha value is -2.16. The summed E-state index contributed by atoms with van der Waals surface area (Å²) < 4.78 is 7.03. The SMILES string of the molecule is Cc1c(-c2[nH]c3sc(N4CC5(C4)CN(C4COC4)C5)nc3c2C(C)C)cn(C)c(=O)c1C. The molecule has 32 heavy (non-hydrogen) atoms. The van der Waals surface area contributed by atoms with Crippen LogP contribution in [0.5, 0.6) is 0 Å². The van der Waals surface area contributed by atoms with Crippen molar-refractivity contribution in [2.24, 2.45) is 12.5 Å². The second kappa shape index (κ2) is 6.92. The number of thiazole rings is 1. The van der Waals surface area contributed by atoms with Gasteiger partial charge in [0.1, 0.15) is 10.3 Å². The molecule has 3 aromatic heterocycles. The van der Waals surface area contributed by atoms with Crippen molar-refractivity contribution in [1.29, 1.82) is 0 Å². The van der Waals surface area contributed by atoms with Crippen molar-refractivity contribution in [3.63, 3.8) is 0 Å². The van der Waals surface area contributed by atoms with Gasteiger partial charge in [-0.1, -0.05) is 25.2 Å². The molecule has 0 amide bonds. The largest absolute Gasteiger partial charge is 0.378 e. The Balaban J connectivity index is 1.29. The predicted molar refractivity (Wildman–Crippen MR) is 129 cm³/mol. The monoisotopic (exact) mass is 453 g/mol. The maximum atomic E-state index is 12.4. The number of pyridine rings is 1. The summed E-state index contributed by atoms with van der Waals surface area (Å²) in [6.45, 7) is 14.8. The fourth-order valence-electron chi connectivity index (χ4n) is 5.62. The zero-order valence-electron chi connectivity index (χ0n) is 19.5.